The zero-order chi connectivity index (χ0) is 19.1. The molecule has 1 aliphatic heterocycles. The van der Waals surface area contributed by atoms with Gasteiger partial charge < -0.3 is 24.1 Å². The third-order valence-electron chi connectivity index (χ3n) is 4.57. The summed E-state index contributed by atoms with van der Waals surface area (Å²) >= 11 is 0. The molecule has 1 aromatic heterocycles. The number of carbonyl (C=O) groups excluding carboxylic acids is 1. The molecule has 1 amide bonds. The van der Waals surface area contributed by atoms with Crippen LogP contribution in [0.15, 0.2) is 35.3 Å². The van der Waals surface area contributed by atoms with Gasteiger partial charge in [0.2, 0.25) is 0 Å². The predicted octanol–water partition coefficient (Wildman–Crippen LogP) is 1.71. The van der Waals surface area contributed by atoms with E-state index in [9.17, 15) is 9.59 Å². The van der Waals surface area contributed by atoms with Crippen LogP contribution in [-0.2, 0) is 20.8 Å². The molecule has 3 rings (SSSR count). The van der Waals surface area contributed by atoms with Crippen molar-refractivity contribution in [2.75, 3.05) is 33.0 Å². The quantitative estimate of drug-likeness (QED) is 0.676. The summed E-state index contributed by atoms with van der Waals surface area (Å²) in [6, 6.07) is 7.12. The van der Waals surface area contributed by atoms with E-state index in [0.717, 1.165) is 19.4 Å². The van der Waals surface area contributed by atoms with Gasteiger partial charge in [0.25, 0.3) is 11.5 Å². The third kappa shape index (κ3) is 5.08. The molecule has 0 spiro atoms. The molecular weight excluding hydrogens is 348 g/mol. The lowest BCUT2D eigenvalue weighted by Crippen LogP contribution is -2.35. The summed E-state index contributed by atoms with van der Waals surface area (Å²) in [6.07, 6.45) is 3.84. The van der Waals surface area contributed by atoms with Crippen molar-refractivity contribution in [1.82, 2.24) is 9.88 Å². The zero-order valence-electron chi connectivity index (χ0n) is 15.6. The maximum Gasteiger partial charge on any atom is 0.258 e. The molecule has 27 heavy (non-hydrogen) atoms. The number of rotatable bonds is 9. The molecule has 1 fully saturated rings. The molecule has 2 heterocycles. The number of hydrogen-bond donors (Lipinski definition) is 1. The second kappa shape index (κ2) is 9.53. The van der Waals surface area contributed by atoms with Gasteiger partial charge in [0.1, 0.15) is 5.75 Å². The van der Waals surface area contributed by atoms with E-state index >= 15 is 0 Å². The van der Waals surface area contributed by atoms with Gasteiger partial charge in [-0.05, 0) is 38.0 Å². The Labute approximate surface area is 158 Å². The summed E-state index contributed by atoms with van der Waals surface area (Å²) in [5, 5.41) is 4.08. The van der Waals surface area contributed by atoms with Crippen molar-refractivity contribution in [3.63, 3.8) is 0 Å². The Morgan fingerprint density at radius 1 is 1.33 bits per heavy atom. The van der Waals surface area contributed by atoms with Crippen molar-refractivity contribution in [3.05, 3.63) is 40.8 Å². The van der Waals surface area contributed by atoms with Gasteiger partial charge in [-0.15, -0.1) is 0 Å². The number of benzene rings is 1. The highest BCUT2D eigenvalue weighted by atomic mass is 16.5. The van der Waals surface area contributed by atoms with E-state index in [1.807, 2.05) is 13.0 Å². The Hall–Kier alpha value is -2.38. The van der Waals surface area contributed by atoms with E-state index in [1.54, 1.807) is 29.0 Å². The first-order valence-corrected chi connectivity index (χ1v) is 9.40. The first kappa shape index (κ1) is 19.4. The molecule has 146 valence electrons. The number of nitrogens with one attached hydrogen (secondary N) is 1. The smallest absolute Gasteiger partial charge is 0.258 e. The van der Waals surface area contributed by atoms with Gasteiger partial charge in [-0.25, -0.2) is 0 Å². The van der Waals surface area contributed by atoms with Gasteiger partial charge in [-0.1, -0.05) is 6.07 Å². The largest absolute Gasteiger partial charge is 0.483 e. The zero-order valence-corrected chi connectivity index (χ0v) is 15.6. The monoisotopic (exact) mass is 374 g/mol. The van der Waals surface area contributed by atoms with Crippen molar-refractivity contribution in [2.45, 2.75) is 32.4 Å². The van der Waals surface area contributed by atoms with E-state index in [0.29, 0.717) is 42.8 Å². The number of nitrogens with zero attached hydrogens (tertiary/aromatic N) is 1. The van der Waals surface area contributed by atoms with Crippen LogP contribution in [0.1, 0.15) is 19.8 Å². The first-order valence-electron chi connectivity index (χ1n) is 9.40. The Bertz CT molecular complexity index is 827. The van der Waals surface area contributed by atoms with Gasteiger partial charge in [0.15, 0.2) is 6.61 Å². The lowest BCUT2D eigenvalue weighted by molar-refractivity contribution is -0.123. The van der Waals surface area contributed by atoms with Crippen LogP contribution in [0.3, 0.4) is 0 Å². The fourth-order valence-electron chi connectivity index (χ4n) is 3.13. The Balaban J connectivity index is 1.63. The number of carbonyl (C=O) groups is 1. The van der Waals surface area contributed by atoms with Crippen molar-refractivity contribution in [1.29, 1.82) is 0 Å². The summed E-state index contributed by atoms with van der Waals surface area (Å²) in [5.41, 5.74) is -0.0968. The van der Waals surface area contributed by atoms with E-state index in [2.05, 4.69) is 5.32 Å². The van der Waals surface area contributed by atoms with E-state index in [1.165, 1.54) is 0 Å². The molecule has 1 atom stereocenters. The fourth-order valence-corrected chi connectivity index (χ4v) is 3.13. The topological polar surface area (TPSA) is 78.8 Å². The number of hydrogen-bond acceptors (Lipinski definition) is 5. The summed E-state index contributed by atoms with van der Waals surface area (Å²) in [6.45, 7) is 4.69. The number of pyridine rings is 1. The lowest BCUT2D eigenvalue weighted by atomic mass is 10.1. The highest BCUT2D eigenvalue weighted by Crippen LogP contribution is 2.23. The normalized spacial score (nSPS) is 16.6. The van der Waals surface area contributed by atoms with Crippen molar-refractivity contribution in [2.24, 2.45) is 0 Å². The molecular formula is C20H26N2O5. The molecule has 1 N–H and O–H groups in total. The Kier molecular flexibility index (Phi) is 6.84. The molecule has 1 aliphatic rings. The number of fused-ring (bicyclic) bond motifs is 1. The van der Waals surface area contributed by atoms with Crippen LogP contribution in [0.2, 0.25) is 0 Å². The fraction of sp³-hybridized carbons (Fsp3) is 0.500. The predicted molar refractivity (Wildman–Crippen MR) is 102 cm³/mol. The lowest BCUT2D eigenvalue weighted by Gasteiger charge is -2.13. The maximum atomic E-state index is 12.6. The van der Waals surface area contributed by atoms with Crippen LogP contribution < -0.4 is 15.6 Å². The molecule has 1 aromatic carbocycles. The Morgan fingerprint density at radius 3 is 3.00 bits per heavy atom. The van der Waals surface area contributed by atoms with Crippen LogP contribution >= 0.6 is 0 Å². The average Bonchev–Trinajstić information content (AvgIpc) is 3.20. The summed E-state index contributed by atoms with van der Waals surface area (Å²) < 4.78 is 18.1. The van der Waals surface area contributed by atoms with Gasteiger partial charge >= 0.3 is 0 Å². The second-order valence-electron chi connectivity index (χ2n) is 6.46. The van der Waals surface area contributed by atoms with Crippen molar-refractivity contribution < 1.29 is 19.0 Å². The van der Waals surface area contributed by atoms with Gasteiger partial charge in [-0.2, -0.15) is 0 Å². The standard InChI is InChI=1S/C20H26N2O5/c1-2-25-12-10-22-9-8-16-17(20(22)24)6-3-7-18(16)27-14-19(23)21-13-15-5-4-11-26-15/h3,6-9,15H,2,4-5,10-14H2,1H3,(H,21,23)/t15-/m0/s1. The molecule has 2 aromatic rings. The average molecular weight is 374 g/mol. The molecule has 0 aliphatic carbocycles. The van der Waals surface area contributed by atoms with Crippen LogP contribution in [0.4, 0.5) is 0 Å². The molecule has 7 nitrogen and oxygen atoms in total. The van der Waals surface area contributed by atoms with Crippen LogP contribution in [0, 0.1) is 0 Å². The van der Waals surface area contributed by atoms with Gasteiger partial charge in [0, 0.05) is 37.9 Å². The van der Waals surface area contributed by atoms with Crippen molar-refractivity contribution in [3.8, 4) is 5.75 Å². The summed E-state index contributed by atoms with van der Waals surface area (Å²) in [4.78, 5) is 24.6. The third-order valence-corrected chi connectivity index (χ3v) is 4.57. The van der Waals surface area contributed by atoms with E-state index < -0.39 is 0 Å². The van der Waals surface area contributed by atoms with E-state index in [-0.39, 0.29) is 24.2 Å². The number of aromatic nitrogens is 1. The molecule has 7 heteroatoms. The molecule has 0 radical (unpaired) electrons. The maximum absolute atomic E-state index is 12.6. The molecule has 0 unspecified atom stereocenters. The molecule has 0 bridgehead atoms. The SMILES string of the molecule is CCOCCn1ccc2c(OCC(=O)NC[C@@H]3CCCO3)cccc2c1=O. The summed E-state index contributed by atoms with van der Waals surface area (Å²) in [5.74, 6) is 0.321. The Morgan fingerprint density at radius 2 is 2.22 bits per heavy atom. The minimum absolute atomic E-state index is 0.0968. The minimum Gasteiger partial charge on any atom is -0.483 e. The number of ether oxygens (including phenoxy) is 3. The highest BCUT2D eigenvalue weighted by Gasteiger charge is 2.16. The second-order valence-corrected chi connectivity index (χ2v) is 6.46. The van der Waals surface area contributed by atoms with Crippen LogP contribution in [0.5, 0.6) is 5.75 Å². The van der Waals surface area contributed by atoms with Crippen molar-refractivity contribution >= 4 is 16.7 Å². The minimum atomic E-state index is -0.201. The van der Waals surface area contributed by atoms with E-state index in [4.69, 9.17) is 14.2 Å². The van der Waals surface area contributed by atoms with Gasteiger partial charge in [0.05, 0.1) is 18.1 Å². The van der Waals surface area contributed by atoms with Gasteiger partial charge in [-0.3, -0.25) is 9.59 Å². The first-order chi connectivity index (χ1) is 13.2. The molecule has 0 saturated carbocycles. The summed E-state index contributed by atoms with van der Waals surface area (Å²) in [7, 11) is 0. The van der Waals surface area contributed by atoms with Crippen LogP contribution in [0.25, 0.3) is 10.8 Å². The highest BCUT2D eigenvalue weighted by molar-refractivity contribution is 5.88. The van der Waals surface area contributed by atoms with Crippen LogP contribution in [-0.4, -0.2) is 49.6 Å². The molecule has 1 saturated heterocycles. The number of amides is 1.